The van der Waals surface area contributed by atoms with Crippen LogP contribution >= 0.6 is 11.8 Å². The van der Waals surface area contributed by atoms with Crippen molar-refractivity contribution in [3.63, 3.8) is 0 Å². The Labute approximate surface area is 188 Å². The van der Waals surface area contributed by atoms with E-state index in [1.807, 2.05) is 30.3 Å². The molecule has 2 fully saturated rings. The van der Waals surface area contributed by atoms with E-state index >= 15 is 0 Å². The molecule has 31 heavy (non-hydrogen) atoms. The molecule has 2 saturated heterocycles. The highest BCUT2D eigenvalue weighted by molar-refractivity contribution is 8.00. The first-order chi connectivity index (χ1) is 15.0. The predicted molar refractivity (Wildman–Crippen MR) is 119 cm³/mol. The van der Waals surface area contributed by atoms with Crippen molar-refractivity contribution in [2.24, 2.45) is 0 Å². The largest absolute Gasteiger partial charge is 0.465 e. The maximum Gasteiger partial charge on any atom is 0.329 e. The fraction of sp³-hybridized carbons (Fsp3) is 0.609. The molecule has 1 unspecified atom stereocenters. The van der Waals surface area contributed by atoms with Gasteiger partial charge in [0, 0.05) is 5.75 Å². The highest BCUT2D eigenvalue weighted by atomic mass is 32.2. The van der Waals surface area contributed by atoms with Gasteiger partial charge in [0.1, 0.15) is 12.1 Å². The Hall–Kier alpha value is -2.06. The first-order valence-electron chi connectivity index (χ1n) is 11.1. The van der Waals surface area contributed by atoms with Gasteiger partial charge in [-0.25, -0.2) is 4.79 Å². The van der Waals surface area contributed by atoms with E-state index in [0.29, 0.717) is 31.6 Å². The second kappa shape index (κ2) is 11.5. The number of rotatable bonds is 9. The third-order valence-electron chi connectivity index (χ3n) is 5.69. The Morgan fingerprint density at radius 2 is 1.90 bits per heavy atom. The van der Waals surface area contributed by atoms with E-state index in [1.165, 1.54) is 0 Å². The Morgan fingerprint density at radius 3 is 2.61 bits per heavy atom. The van der Waals surface area contributed by atoms with Crippen LogP contribution in [-0.2, 0) is 30.3 Å². The lowest BCUT2D eigenvalue weighted by Gasteiger charge is -2.30. The minimum atomic E-state index is -0.582. The summed E-state index contributed by atoms with van der Waals surface area (Å²) in [6, 6.07) is 8.28. The molecule has 0 radical (unpaired) electrons. The smallest absolute Gasteiger partial charge is 0.329 e. The second-order valence-corrected chi connectivity index (χ2v) is 8.99. The SMILES string of the molecule is CCOC(=O)C(CCc1ccccc1)N[C@@H]1CCC[C@H]2SC[C@H](C(=O)OCC)N2C1=O. The number of thioether (sulfide) groups is 1. The predicted octanol–water partition coefficient (Wildman–Crippen LogP) is 2.53. The summed E-state index contributed by atoms with van der Waals surface area (Å²) in [6.45, 7) is 4.12. The van der Waals surface area contributed by atoms with Crippen LogP contribution in [-0.4, -0.2) is 65.2 Å². The van der Waals surface area contributed by atoms with Crippen LogP contribution in [0.1, 0.15) is 45.1 Å². The molecular weight excluding hydrogens is 416 g/mol. The molecule has 1 aromatic rings. The number of hydrogen-bond acceptors (Lipinski definition) is 7. The number of fused-ring (bicyclic) bond motifs is 1. The quantitative estimate of drug-likeness (QED) is 0.581. The van der Waals surface area contributed by atoms with Crippen molar-refractivity contribution in [2.45, 2.75) is 69.5 Å². The van der Waals surface area contributed by atoms with Crippen molar-refractivity contribution in [1.29, 1.82) is 0 Å². The molecule has 2 aliphatic heterocycles. The van der Waals surface area contributed by atoms with Gasteiger partial charge in [-0.1, -0.05) is 30.3 Å². The molecule has 4 atom stereocenters. The number of aryl methyl sites for hydroxylation is 1. The van der Waals surface area contributed by atoms with Crippen molar-refractivity contribution in [3.05, 3.63) is 35.9 Å². The fourth-order valence-electron chi connectivity index (χ4n) is 4.17. The molecule has 0 spiro atoms. The number of carbonyl (C=O) groups is 3. The first kappa shape index (κ1) is 23.6. The van der Waals surface area contributed by atoms with Gasteiger partial charge in [-0.05, 0) is 51.5 Å². The molecule has 2 heterocycles. The number of benzene rings is 1. The van der Waals surface area contributed by atoms with Crippen LogP contribution in [0.4, 0.5) is 0 Å². The van der Waals surface area contributed by atoms with Crippen LogP contribution in [0.5, 0.6) is 0 Å². The zero-order valence-electron chi connectivity index (χ0n) is 18.2. The Kier molecular flexibility index (Phi) is 8.78. The van der Waals surface area contributed by atoms with Gasteiger partial charge in [0.05, 0.1) is 24.6 Å². The van der Waals surface area contributed by atoms with E-state index in [-0.39, 0.29) is 29.8 Å². The zero-order valence-corrected chi connectivity index (χ0v) is 19.1. The van der Waals surface area contributed by atoms with Gasteiger partial charge in [0.25, 0.3) is 0 Å². The van der Waals surface area contributed by atoms with Crippen LogP contribution in [0.15, 0.2) is 30.3 Å². The number of nitrogens with zero attached hydrogens (tertiary/aromatic N) is 1. The first-order valence-corrected chi connectivity index (χ1v) is 12.2. The fourth-order valence-corrected chi connectivity index (χ4v) is 5.61. The molecule has 170 valence electrons. The summed E-state index contributed by atoms with van der Waals surface area (Å²) in [5.41, 5.74) is 1.13. The number of esters is 2. The molecule has 8 heteroatoms. The highest BCUT2D eigenvalue weighted by Crippen LogP contribution is 2.36. The van der Waals surface area contributed by atoms with Gasteiger partial charge in [0.15, 0.2) is 0 Å². The topological polar surface area (TPSA) is 84.9 Å². The molecule has 7 nitrogen and oxygen atoms in total. The molecule has 2 aliphatic rings. The van der Waals surface area contributed by atoms with Crippen LogP contribution < -0.4 is 5.32 Å². The number of carbonyl (C=O) groups excluding carboxylic acids is 3. The van der Waals surface area contributed by atoms with Gasteiger partial charge >= 0.3 is 11.9 Å². The molecule has 0 aromatic heterocycles. The van der Waals surface area contributed by atoms with Crippen LogP contribution in [0.25, 0.3) is 0 Å². The molecule has 0 aliphatic carbocycles. The molecule has 1 N–H and O–H groups in total. The van der Waals surface area contributed by atoms with Gasteiger partial charge in [0.2, 0.25) is 5.91 Å². The van der Waals surface area contributed by atoms with Crippen molar-refractivity contribution in [2.75, 3.05) is 19.0 Å². The summed E-state index contributed by atoms with van der Waals surface area (Å²) in [4.78, 5) is 40.2. The van der Waals surface area contributed by atoms with Crippen molar-refractivity contribution >= 4 is 29.6 Å². The van der Waals surface area contributed by atoms with E-state index in [1.54, 1.807) is 30.5 Å². The summed E-state index contributed by atoms with van der Waals surface area (Å²) >= 11 is 1.63. The Balaban J connectivity index is 1.72. The summed E-state index contributed by atoms with van der Waals surface area (Å²) in [5, 5.41) is 3.26. The van der Waals surface area contributed by atoms with Gasteiger partial charge in [-0.15, -0.1) is 11.8 Å². The normalized spacial score (nSPS) is 24.3. The van der Waals surface area contributed by atoms with E-state index in [9.17, 15) is 14.4 Å². The zero-order chi connectivity index (χ0) is 22.2. The van der Waals surface area contributed by atoms with Crippen LogP contribution in [0.2, 0.25) is 0 Å². The molecule has 0 bridgehead atoms. The molecule has 3 rings (SSSR count). The third-order valence-corrected chi connectivity index (χ3v) is 7.04. The van der Waals surface area contributed by atoms with Gasteiger partial charge in [-0.3, -0.25) is 14.9 Å². The lowest BCUT2D eigenvalue weighted by Crippen LogP contribution is -2.55. The van der Waals surface area contributed by atoms with Crippen molar-refractivity contribution in [1.82, 2.24) is 10.2 Å². The van der Waals surface area contributed by atoms with E-state index in [4.69, 9.17) is 9.47 Å². The lowest BCUT2D eigenvalue weighted by molar-refractivity contribution is -0.154. The standard InChI is InChI=1S/C23H32N2O5S/c1-3-29-22(27)18(14-13-16-9-6-5-7-10-16)24-17-11-8-12-20-25(21(17)26)19(15-31-20)23(28)30-4-2/h5-7,9-10,17-20,24H,3-4,8,11-15H2,1-2H3/t17-,18?,19-,20-/m1/s1. The number of nitrogens with one attached hydrogen (secondary N) is 1. The monoisotopic (exact) mass is 448 g/mol. The summed E-state index contributed by atoms with van der Waals surface area (Å²) in [6.07, 6.45) is 3.54. The molecule has 0 saturated carbocycles. The van der Waals surface area contributed by atoms with E-state index in [2.05, 4.69) is 5.32 Å². The molecular formula is C23H32N2O5S. The Morgan fingerprint density at radius 1 is 1.16 bits per heavy atom. The molecule has 1 amide bonds. The van der Waals surface area contributed by atoms with E-state index in [0.717, 1.165) is 18.4 Å². The minimum absolute atomic E-state index is 0.0148. The number of amides is 1. The lowest BCUT2D eigenvalue weighted by atomic mass is 10.0. The summed E-state index contributed by atoms with van der Waals surface area (Å²) in [5.74, 6) is -0.265. The van der Waals surface area contributed by atoms with Crippen LogP contribution in [0, 0.1) is 0 Å². The number of ether oxygens (including phenoxy) is 2. The highest BCUT2D eigenvalue weighted by Gasteiger charge is 2.46. The summed E-state index contributed by atoms with van der Waals surface area (Å²) in [7, 11) is 0. The maximum atomic E-state index is 13.4. The average Bonchev–Trinajstić information content (AvgIpc) is 3.13. The number of hydrogen-bond donors (Lipinski definition) is 1. The third kappa shape index (κ3) is 6.01. The van der Waals surface area contributed by atoms with Crippen molar-refractivity contribution in [3.8, 4) is 0 Å². The molecule has 1 aromatic carbocycles. The second-order valence-electron chi connectivity index (χ2n) is 7.78. The minimum Gasteiger partial charge on any atom is -0.465 e. The maximum absolute atomic E-state index is 13.4. The van der Waals surface area contributed by atoms with Gasteiger partial charge < -0.3 is 14.4 Å². The van der Waals surface area contributed by atoms with Crippen LogP contribution in [0.3, 0.4) is 0 Å². The average molecular weight is 449 g/mol. The Bertz CT molecular complexity index is 760. The van der Waals surface area contributed by atoms with Gasteiger partial charge in [-0.2, -0.15) is 0 Å². The van der Waals surface area contributed by atoms with Crippen molar-refractivity contribution < 1.29 is 23.9 Å². The van der Waals surface area contributed by atoms with E-state index < -0.39 is 18.1 Å². The summed E-state index contributed by atoms with van der Waals surface area (Å²) < 4.78 is 10.5.